The summed E-state index contributed by atoms with van der Waals surface area (Å²) in [5.41, 5.74) is 5.29. The summed E-state index contributed by atoms with van der Waals surface area (Å²) >= 11 is 0. The molecule has 0 saturated heterocycles. The Morgan fingerprint density at radius 2 is 2.47 bits per heavy atom. The van der Waals surface area contributed by atoms with Gasteiger partial charge in [-0.05, 0) is 6.42 Å². The molecule has 0 fully saturated rings. The fourth-order valence-electron chi connectivity index (χ4n) is 1.26. The second kappa shape index (κ2) is 6.19. The van der Waals surface area contributed by atoms with E-state index < -0.39 is 0 Å². The van der Waals surface area contributed by atoms with Crippen molar-refractivity contribution in [1.29, 1.82) is 0 Å². The molecule has 0 aliphatic heterocycles. The van der Waals surface area contributed by atoms with E-state index in [1.165, 1.54) is 0 Å². The van der Waals surface area contributed by atoms with Gasteiger partial charge in [-0.25, -0.2) is 4.68 Å². The van der Waals surface area contributed by atoms with Gasteiger partial charge in [-0.1, -0.05) is 13.3 Å². The van der Waals surface area contributed by atoms with E-state index >= 15 is 0 Å². The van der Waals surface area contributed by atoms with Crippen LogP contribution in [0.25, 0.3) is 0 Å². The molecule has 0 bridgehead atoms. The molecule has 0 unspecified atom stereocenters. The Morgan fingerprint density at radius 1 is 1.67 bits per heavy atom. The molecule has 0 aromatic carbocycles. The zero-order valence-electron chi connectivity index (χ0n) is 9.07. The third kappa shape index (κ3) is 3.71. The number of nitrogens with zero attached hydrogens (tertiary/aromatic N) is 2. The predicted octanol–water partition coefficient (Wildman–Crippen LogP) is 0.970. The molecule has 5 nitrogen and oxygen atoms in total. The number of aromatic nitrogens is 2. The highest BCUT2D eigenvalue weighted by Gasteiger charge is 2.05. The number of hydrogen-bond donors (Lipinski definition) is 2. The van der Waals surface area contributed by atoms with Gasteiger partial charge in [0.05, 0.1) is 6.20 Å². The van der Waals surface area contributed by atoms with Gasteiger partial charge < -0.3 is 11.1 Å². The molecule has 1 amide bonds. The van der Waals surface area contributed by atoms with Gasteiger partial charge in [-0.15, -0.1) is 0 Å². The molecule has 0 aliphatic rings. The Balaban J connectivity index is 2.52. The first-order valence-electron chi connectivity index (χ1n) is 5.29. The second-order valence-electron chi connectivity index (χ2n) is 3.38. The molecule has 0 spiro atoms. The molecule has 84 valence electrons. The maximum absolute atomic E-state index is 11.3. The van der Waals surface area contributed by atoms with Crippen LogP contribution in [0.1, 0.15) is 26.2 Å². The summed E-state index contributed by atoms with van der Waals surface area (Å²) in [5.74, 6) is 0.692. The van der Waals surface area contributed by atoms with E-state index in [0.717, 1.165) is 25.2 Å². The lowest BCUT2D eigenvalue weighted by molar-refractivity contribution is -0.116. The number of nitrogens with two attached hydrogens (primary N) is 1. The SMILES string of the molecule is CCCCn1nccc1NC(=O)CCN. The fraction of sp³-hybridized carbons (Fsp3) is 0.600. The molecule has 1 aromatic rings. The van der Waals surface area contributed by atoms with E-state index in [2.05, 4.69) is 17.3 Å². The van der Waals surface area contributed by atoms with E-state index in [1.54, 1.807) is 16.9 Å². The summed E-state index contributed by atoms with van der Waals surface area (Å²) in [4.78, 5) is 11.3. The largest absolute Gasteiger partial charge is 0.330 e. The molecule has 1 aromatic heterocycles. The normalized spacial score (nSPS) is 10.3. The van der Waals surface area contributed by atoms with Crippen molar-refractivity contribution in [3.8, 4) is 0 Å². The topological polar surface area (TPSA) is 72.9 Å². The first-order valence-corrected chi connectivity index (χ1v) is 5.29. The number of unbranched alkanes of at least 4 members (excludes halogenated alkanes) is 1. The monoisotopic (exact) mass is 210 g/mol. The number of hydrogen-bond acceptors (Lipinski definition) is 3. The van der Waals surface area contributed by atoms with Crippen LogP contribution in [0, 0.1) is 0 Å². The van der Waals surface area contributed by atoms with Crippen molar-refractivity contribution in [3.05, 3.63) is 12.3 Å². The highest BCUT2D eigenvalue weighted by molar-refractivity contribution is 5.89. The van der Waals surface area contributed by atoms with Crippen molar-refractivity contribution in [2.75, 3.05) is 11.9 Å². The molecule has 3 N–H and O–H groups in total. The second-order valence-corrected chi connectivity index (χ2v) is 3.38. The van der Waals surface area contributed by atoms with Crippen LogP contribution in [0.15, 0.2) is 12.3 Å². The van der Waals surface area contributed by atoms with Crippen molar-refractivity contribution in [1.82, 2.24) is 9.78 Å². The van der Waals surface area contributed by atoms with Crippen molar-refractivity contribution in [2.45, 2.75) is 32.7 Å². The van der Waals surface area contributed by atoms with E-state index in [1.807, 2.05) is 0 Å². The van der Waals surface area contributed by atoms with Gasteiger partial charge in [0.2, 0.25) is 5.91 Å². The summed E-state index contributed by atoms with van der Waals surface area (Å²) in [7, 11) is 0. The van der Waals surface area contributed by atoms with E-state index in [0.29, 0.717) is 13.0 Å². The van der Waals surface area contributed by atoms with Crippen LogP contribution in [0.5, 0.6) is 0 Å². The van der Waals surface area contributed by atoms with Crippen LogP contribution >= 0.6 is 0 Å². The van der Waals surface area contributed by atoms with E-state index in [-0.39, 0.29) is 5.91 Å². The average molecular weight is 210 g/mol. The number of aryl methyl sites for hydroxylation is 1. The molecule has 15 heavy (non-hydrogen) atoms. The van der Waals surface area contributed by atoms with Crippen LogP contribution in [0.2, 0.25) is 0 Å². The lowest BCUT2D eigenvalue weighted by atomic mass is 10.3. The maximum atomic E-state index is 11.3. The molecule has 0 aliphatic carbocycles. The lowest BCUT2D eigenvalue weighted by Gasteiger charge is -2.07. The van der Waals surface area contributed by atoms with E-state index in [4.69, 9.17) is 5.73 Å². The van der Waals surface area contributed by atoms with Gasteiger partial charge in [-0.2, -0.15) is 5.10 Å². The third-order valence-electron chi connectivity index (χ3n) is 2.08. The van der Waals surface area contributed by atoms with Crippen LogP contribution in [-0.2, 0) is 11.3 Å². The average Bonchev–Trinajstić information content (AvgIpc) is 2.63. The Kier molecular flexibility index (Phi) is 4.83. The number of carbonyl (C=O) groups excluding carboxylic acids is 1. The first-order chi connectivity index (χ1) is 7.27. The van der Waals surface area contributed by atoms with Gasteiger partial charge in [0.1, 0.15) is 5.82 Å². The van der Waals surface area contributed by atoms with Crippen LogP contribution in [0.3, 0.4) is 0 Å². The summed E-state index contributed by atoms with van der Waals surface area (Å²) in [6, 6.07) is 1.80. The van der Waals surface area contributed by atoms with Crippen LogP contribution < -0.4 is 11.1 Å². The summed E-state index contributed by atoms with van der Waals surface area (Å²) < 4.78 is 1.80. The minimum absolute atomic E-state index is 0.0595. The zero-order valence-corrected chi connectivity index (χ0v) is 9.07. The number of carbonyl (C=O) groups is 1. The number of amides is 1. The number of anilines is 1. The first kappa shape index (κ1) is 11.7. The quantitative estimate of drug-likeness (QED) is 0.734. The molecule has 0 atom stereocenters. The summed E-state index contributed by atoms with van der Waals surface area (Å²) in [6.07, 6.45) is 4.20. The van der Waals surface area contributed by atoms with Gasteiger partial charge in [0.25, 0.3) is 0 Å². The van der Waals surface area contributed by atoms with Gasteiger partial charge >= 0.3 is 0 Å². The van der Waals surface area contributed by atoms with Gasteiger partial charge in [0.15, 0.2) is 0 Å². The molecule has 0 radical (unpaired) electrons. The maximum Gasteiger partial charge on any atom is 0.226 e. The fourth-order valence-corrected chi connectivity index (χ4v) is 1.26. The smallest absolute Gasteiger partial charge is 0.226 e. The van der Waals surface area contributed by atoms with Crippen molar-refractivity contribution in [2.24, 2.45) is 5.73 Å². The lowest BCUT2D eigenvalue weighted by Crippen LogP contribution is -2.18. The minimum atomic E-state index is -0.0595. The Hall–Kier alpha value is -1.36. The minimum Gasteiger partial charge on any atom is -0.330 e. The van der Waals surface area contributed by atoms with Crippen LogP contribution in [0.4, 0.5) is 5.82 Å². The van der Waals surface area contributed by atoms with Crippen molar-refractivity contribution in [3.63, 3.8) is 0 Å². The van der Waals surface area contributed by atoms with E-state index in [9.17, 15) is 4.79 Å². The Bertz CT molecular complexity index is 308. The summed E-state index contributed by atoms with van der Waals surface area (Å²) in [5, 5.41) is 6.92. The Labute approximate surface area is 89.6 Å². The molecular weight excluding hydrogens is 192 g/mol. The third-order valence-corrected chi connectivity index (χ3v) is 2.08. The molecule has 1 heterocycles. The molecular formula is C10H18N4O. The van der Waals surface area contributed by atoms with Gasteiger partial charge in [-0.3, -0.25) is 4.79 Å². The molecule has 5 heteroatoms. The highest BCUT2D eigenvalue weighted by Crippen LogP contribution is 2.07. The molecule has 1 rings (SSSR count). The highest BCUT2D eigenvalue weighted by atomic mass is 16.1. The summed E-state index contributed by atoms with van der Waals surface area (Å²) in [6.45, 7) is 3.33. The molecule has 0 saturated carbocycles. The number of nitrogens with one attached hydrogen (secondary N) is 1. The standard InChI is InChI=1S/C10H18N4O/c1-2-3-8-14-9(5-7-12-14)13-10(15)4-6-11/h5,7H,2-4,6,8,11H2,1H3,(H,13,15). The number of rotatable bonds is 6. The Morgan fingerprint density at radius 3 is 3.13 bits per heavy atom. The van der Waals surface area contributed by atoms with Gasteiger partial charge in [0, 0.05) is 25.6 Å². The predicted molar refractivity (Wildman–Crippen MR) is 59.4 cm³/mol. The van der Waals surface area contributed by atoms with Crippen LogP contribution in [-0.4, -0.2) is 22.2 Å². The van der Waals surface area contributed by atoms with Crippen molar-refractivity contribution >= 4 is 11.7 Å². The zero-order chi connectivity index (χ0) is 11.1. The van der Waals surface area contributed by atoms with Crippen molar-refractivity contribution < 1.29 is 4.79 Å².